The summed E-state index contributed by atoms with van der Waals surface area (Å²) in [5, 5.41) is 2.75. The van der Waals surface area contributed by atoms with Crippen molar-refractivity contribution in [2.45, 2.75) is 32.7 Å². The Bertz CT molecular complexity index is 279. The predicted octanol–water partition coefficient (Wildman–Crippen LogP) is 0.867. The fourth-order valence-corrected chi connectivity index (χ4v) is 2.37. The maximum atomic E-state index is 12.1. The van der Waals surface area contributed by atoms with Gasteiger partial charge >= 0.3 is 0 Å². The van der Waals surface area contributed by atoms with Crippen LogP contribution >= 0.6 is 11.8 Å². The number of carbonyl (C=O) groups excluding carboxylic acids is 2. The quantitative estimate of drug-likeness (QED) is 0.746. The molecular weight excluding hydrogens is 224 g/mol. The van der Waals surface area contributed by atoms with Crippen LogP contribution in [0, 0.1) is 0 Å². The van der Waals surface area contributed by atoms with Crippen LogP contribution < -0.4 is 5.32 Å². The molecule has 0 aliphatic carbocycles. The lowest BCUT2D eigenvalue weighted by molar-refractivity contribution is -0.137. The summed E-state index contributed by atoms with van der Waals surface area (Å²) in [5.74, 6) is 1.98. The summed E-state index contributed by atoms with van der Waals surface area (Å²) in [4.78, 5) is 25.3. The van der Waals surface area contributed by atoms with E-state index in [4.69, 9.17) is 0 Å². The van der Waals surface area contributed by atoms with Crippen LogP contribution in [0.4, 0.5) is 0 Å². The molecule has 0 aromatic heterocycles. The van der Waals surface area contributed by atoms with E-state index in [2.05, 4.69) is 12.2 Å². The van der Waals surface area contributed by atoms with Gasteiger partial charge in [0.05, 0.1) is 0 Å². The van der Waals surface area contributed by atoms with Gasteiger partial charge in [0, 0.05) is 25.3 Å². The van der Waals surface area contributed by atoms with Gasteiger partial charge in [-0.2, -0.15) is 11.8 Å². The Morgan fingerprint density at radius 2 is 2.12 bits per heavy atom. The summed E-state index contributed by atoms with van der Waals surface area (Å²) >= 11 is 1.81. The second-order valence-corrected chi connectivity index (χ2v) is 5.81. The Morgan fingerprint density at radius 3 is 2.75 bits per heavy atom. The largest absolute Gasteiger partial charge is 0.342 e. The SMILES string of the molecule is CCSCCN1CCC(=O)NC(C)(C)C1=O. The summed E-state index contributed by atoms with van der Waals surface area (Å²) in [6.07, 6.45) is 0.409. The second-order valence-electron chi connectivity index (χ2n) is 4.41. The third-order valence-corrected chi connectivity index (χ3v) is 3.47. The van der Waals surface area contributed by atoms with Crippen molar-refractivity contribution in [1.29, 1.82) is 0 Å². The molecule has 5 heteroatoms. The first-order valence-corrected chi connectivity index (χ1v) is 6.81. The topological polar surface area (TPSA) is 49.4 Å². The van der Waals surface area contributed by atoms with Gasteiger partial charge in [0.25, 0.3) is 0 Å². The maximum Gasteiger partial charge on any atom is 0.247 e. The number of rotatable bonds is 4. The third kappa shape index (κ3) is 3.40. The van der Waals surface area contributed by atoms with Gasteiger partial charge in [-0.25, -0.2) is 0 Å². The van der Waals surface area contributed by atoms with Gasteiger partial charge in [0.1, 0.15) is 5.54 Å². The maximum absolute atomic E-state index is 12.1. The summed E-state index contributed by atoms with van der Waals surface area (Å²) in [6, 6.07) is 0. The Kier molecular flexibility index (Phi) is 4.65. The molecule has 1 aliphatic rings. The van der Waals surface area contributed by atoms with E-state index in [-0.39, 0.29) is 11.8 Å². The van der Waals surface area contributed by atoms with E-state index in [1.807, 2.05) is 11.8 Å². The molecule has 1 rings (SSSR count). The van der Waals surface area contributed by atoms with E-state index < -0.39 is 5.54 Å². The highest BCUT2D eigenvalue weighted by Crippen LogP contribution is 2.14. The zero-order chi connectivity index (χ0) is 12.2. The van der Waals surface area contributed by atoms with Crippen molar-refractivity contribution in [1.82, 2.24) is 10.2 Å². The van der Waals surface area contributed by atoms with E-state index >= 15 is 0 Å². The molecule has 2 amide bonds. The molecule has 0 spiro atoms. The highest BCUT2D eigenvalue weighted by atomic mass is 32.2. The minimum absolute atomic E-state index is 0.0232. The van der Waals surface area contributed by atoms with E-state index in [1.165, 1.54) is 0 Å². The molecule has 1 heterocycles. The standard InChI is InChI=1S/C11H20N2O2S/c1-4-16-8-7-13-6-5-9(14)12-11(2,3)10(13)15/h4-8H2,1-3H3,(H,12,14). The molecule has 0 bridgehead atoms. The summed E-state index contributed by atoms with van der Waals surface area (Å²) < 4.78 is 0. The normalized spacial score (nSPS) is 20.6. The lowest BCUT2D eigenvalue weighted by Crippen LogP contribution is -2.53. The van der Waals surface area contributed by atoms with Gasteiger partial charge in [-0.3, -0.25) is 9.59 Å². The minimum Gasteiger partial charge on any atom is -0.342 e. The summed E-state index contributed by atoms with van der Waals surface area (Å²) in [5.41, 5.74) is -0.759. The van der Waals surface area contributed by atoms with Crippen LogP contribution in [0.5, 0.6) is 0 Å². The molecule has 1 fully saturated rings. The Balaban J connectivity index is 2.62. The van der Waals surface area contributed by atoms with E-state index in [0.29, 0.717) is 13.0 Å². The number of hydrogen-bond acceptors (Lipinski definition) is 3. The van der Waals surface area contributed by atoms with Crippen molar-refractivity contribution >= 4 is 23.6 Å². The molecule has 0 unspecified atom stereocenters. The van der Waals surface area contributed by atoms with Gasteiger partial charge in [-0.15, -0.1) is 0 Å². The van der Waals surface area contributed by atoms with Crippen LogP contribution in [0.2, 0.25) is 0 Å². The molecule has 0 aromatic carbocycles. The smallest absolute Gasteiger partial charge is 0.247 e. The molecule has 0 atom stereocenters. The first-order chi connectivity index (χ1) is 7.47. The lowest BCUT2D eigenvalue weighted by Gasteiger charge is -2.28. The molecule has 4 nitrogen and oxygen atoms in total. The second kappa shape index (κ2) is 5.57. The number of thioether (sulfide) groups is 1. The molecule has 16 heavy (non-hydrogen) atoms. The minimum atomic E-state index is -0.759. The third-order valence-electron chi connectivity index (χ3n) is 2.59. The van der Waals surface area contributed by atoms with Crippen molar-refractivity contribution in [3.8, 4) is 0 Å². The fraction of sp³-hybridized carbons (Fsp3) is 0.818. The van der Waals surface area contributed by atoms with Gasteiger partial charge < -0.3 is 10.2 Å². The average Bonchev–Trinajstić information content (AvgIpc) is 2.29. The fourth-order valence-electron chi connectivity index (χ4n) is 1.73. The summed E-state index contributed by atoms with van der Waals surface area (Å²) in [6.45, 7) is 6.90. The average molecular weight is 244 g/mol. The molecule has 0 radical (unpaired) electrons. The molecule has 92 valence electrons. The van der Waals surface area contributed by atoms with Crippen LogP contribution in [0.1, 0.15) is 27.2 Å². The Morgan fingerprint density at radius 1 is 1.44 bits per heavy atom. The highest BCUT2D eigenvalue weighted by molar-refractivity contribution is 7.99. The lowest BCUT2D eigenvalue weighted by atomic mass is 10.0. The van der Waals surface area contributed by atoms with Crippen LogP contribution in [0.15, 0.2) is 0 Å². The molecule has 0 aromatic rings. The van der Waals surface area contributed by atoms with Gasteiger partial charge in [0.15, 0.2) is 0 Å². The van der Waals surface area contributed by atoms with Crippen LogP contribution in [-0.4, -0.2) is 46.8 Å². The number of nitrogens with zero attached hydrogens (tertiary/aromatic N) is 1. The monoisotopic (exact) mass is 244 g/mol. The van der Waals surface area contributed by atoms with Crippen molar-refractivity contribution in [3.05, 3.63) is 0 Å². The molecular formula is C11H20N2O2S. The molecule has 1 N–H and O–H groups in total. The Hall–Kier alpha value is -0.710. The Labute approximate surface area is 101 Å². The summed E-state index contributed by atoms with van der Waals surface area (Å²) in [7, 11) is 0. The number of amides is 2. The van der Waals surface area contributed by atoms with Crippen molar-refractivity contribution < 1.29 is 9.59 Å². The number of hydrogen-bond donors (Lipinski definition) is 1. The zero-order valence-corrected chi connectivity index (χ0v) is 11.0. The van der Waals surface area contributed by atoms with Crippen molar-refractivity contribution in [2.24, 2.45) is 0 Å². The number of carbonyl (C=O) groups is 2. The molecule has 1 saturated heterocycles. The van der Waals surface area contributed by atoms with E-state index in [9.17, 15) is 9.59 Å². The van der Waals surface area contributed by atoms with Crippen LogP contribution in [-0.2, 0) is 9.59 Å². The van der Waals surface area contributed by atoms with E-state index in [1.54, 1.807) is 18.7 Å². The van der Waals surface area contributed by atoms with Crippen LogP contribution in [0.3, 0.4) is 0 Å². The van der Waals surface area contributed by atoms with Crippen LogP contribution in [0.25, 0.3) is 0 Å². The molecule has 0 saturated carbocycles. The first kappa shape index (κ1) is 13.4. The van der Waals surface area contributed by atoms with Gasteiger partial charge in [0.2, 0.25) is 11.8 Å². The predicted molar refractivity (Wildman–Crippen MR) is 66.4 cm³/mol. The zero-order valence-electron chi connectivity index (χ0n) is 10.2. The van der Waals surface area contributed by atoms with Crippen molar-refractivity contribution in [2.75, 3.05) is 24.6 Å². The highest BCUT2D eigenvalue weighted by Gasteiger charge is 2.35. The van der Waals surface area contributed by atoms with E-state index in [0.717, 1.165) is 18.1 Å². The number of nitrogens with one attached hydrogen (secondary N) is 1. The first-order valence-electron chi connectivity index (χ1n) is 5.65. The molecule has 1 aliphatic heterocycles. The van der Waals surface area contributed by atoms with Crippen molar-refractivity contribution in [3.63, 3.8) is 0 Å². The van der Waals surface area contributed by atoms with Gasteiger partial charge in [-0.05, 0) is 19.6 Å². The van der Waals surface area contributed by atoms with Gasteiger partial charge in [-0.1, -0.05) is 6.92 Å².